The van der Waals surface area contributed by atoms with Crippen molar-refractivity contribution in [3.8, 4) is 0 Å². The minimum atomic E-state index is -3.22. The van der Waals surface area contributed by atoms with Gasteiger partial charge in [-0.3, -0.25) is 0 Å². The third-order valence-corrected chi connectivity index (χ3v) is 6.63. The van der Waals surface area contributed by atoms with E-state index in [4.69, 9.17) is 10.5 Å². The maximum Gasteiger partial charge on any atom is 0.217 e. The molecule has 1 heterocycles. The van der Waals surface area contributed by atoms with E-state index in [9.17, 15) is 8.42 Å². The van der Waals surface area contributed by atoms with Gasteiger partial charge in [0, 0.05) is 32.3 Å². The smallest absolute Gasteiger partial charge is 0.217 e. The molecule has 0 amide bonds. The van der Waals surface area contributed by atoms with E-state index in [1.807, 2.05) is 0 Å². The number of nitrogens with two attached hydrogens (primary N) is 1. The zero-order valence-electron chi connectivity index (χ0n) is 11.0. The molecule has 2 aliphatic rings. The zero-order valence-corrected chi connectivity index (χ0v) is 11.9. The van der Waals surface area contributed by atoms with Crippen LogP contribution in [0.1, 0.15) is 38.5 Å². The van der Waals surface area contributed by atoms with Crippen LogP contribution < -0.4 is 5.73 Å². The minimum Gasteiger partial charge on any atom is -0.381 e. The Hall–Kier alpha value is -0.170. The number of nitrogens with zero attached hydrogens (tertiary/aromatic N) is 1. The highest BCUT2D eigenvalue weighted by Crippen LogP contribution is 2.27. The van der Waals surface area contributed by atoms with Gasteiger partial charge in [0.2, 0.25) is 10.0 Å². The molecule has 6 heteroatoms. The molecular weight excluding hydrogens is 252 g/mol. The topological polar surface area (TPSA) is 72.6 Å². The first-order valence-corrected chi connectivity index (χ1v) is 8.34. The fourth-order valence-corrected chi connectivity index (χ4v) is 4.89. The molecular formula is C12H24N2O3S. The monoisotopic (exact) mass is 276 g/mol. The highest BCUT2D eigenvalue weighted by molar-refractivity contribution is 7.89. The van der Waals surface area contributed by atoms with E-state index in [2.05, 4.69) is 0 Å². The van der Waals surface area contributed by atoms with Gasteiger partial charge in [-0.15, -0.1) is 0 Å². The molecule has 106 valence electrons. The summed E-state index contributed by atoms with van der Waals surface area (Å²) < 4.78 is 31.9. The molecule has 0 aromatic carbocycles. The zero-order chi connectivity index (χ0) is 13.2. The summed E-state index contributed by atoms with van der Waals surface area (Å²) in [5.41, 5.74) is 6.08. The Bertz CT molecular complexity index is 366. The average Bonchev–Trinajstić information content (AvgIpc) is 2.39. The van der Waals surface area contributed by atoms with Gasteiger partial charge in [-0.25, -0.2) is 12.7 Å². The molecule has 0 spiro atoms. The van der Waals surface area contributed by atoms with Crippen LogP contribution in [0.3, 0.4) is 0 Å². The molecule has 2 atom stereocenters. The molecule has 1 aliphatic carbocycles. The summed E-state index contributed by atoms with van der Waals surface area (Å²) in [4.78, 5) is 0. The fourth-order valence-electron chi connectivity index (χ4n) is 2.99. The lowest BCUT2D eigenvalue weighted by molar-refractivity contribution is 0.0966. The van der Waals surface area contributed by atoms with Crippen LogP contribution in [0.15, 0.2) is 0 Å². The second kappa shape index (κ2) is 5.86. The summed E-state index contributed by atoms with van der Waals surface area (Å²) in [5, 5.41) is -0.287. The lowest BCUT2D eigenvalue weighted by atomic mass is 9.91. The van der Waals surface area contributed by atoms with E-state index in [0.717, 1.165) is 25.7 Å². The second-order valence-electron chi connectivity index (χ2n) is 5.39. The lowest BCUT2D eigenvalue weighted by Crippen LogP contribution is -2.52. The van der Waals surface area contributed by atoms with Crippen molar-refractivity contribution in [1.29, 1.82) is 0 Å². The van der Waals surface area contributed by atoms with Crippen LogP contribution in [0.2, 0.25) is 0 Å². The van der Waals surface area contributed by atoms with Crippen molar-refractivity contribution in [2.75, 3.05) is 20.3 Å². The van der Waals surface area contributed by atoms with Gasteiger partial charge in [0.25, 0.3) is 0 Å². The number of rotatable bonds is 3. The highest BCUT2D eigenvalue weighted by Gasteiger charge is 2.37. The largest absolute Gasteiger partial charge is 0.381 e. The predicted molar refractivity (Wildman–Crippen MR) is 70.8 cm³/mol. The van der Waals surface area contributed by atoms with Crippen LogP contribution in [0, 0.1) is 0 Å². The summed E-state index contributed by atoms with van der Waals surface area (Å²) in [6.45, 7) is 1.10. The Kier molecular flexibility index (Phi) is 4.64. The molecule has 5 nitrogen and oxygen atoms in total. The maximum absolute atomic E-state index is 12.5. The first-order chi connectivity index (χ1) is 8.53. The van der Waals surface area contributed by atoms with Gasteiger partial charge < -0.3 is 10.5 Å². The third-order valence-electron chi connectivity index (χ3n) is 4.24. The normalized spacial score (nSPS) is 31.7. The van der Waals surface area contributed by atoms with Gasteiger partial charge in [-0.2, -0.15) is 0 Å². The summed E-state index contributed by atoms with van der Waals surface area (Å²) in [6.07, 6.45) is 5.22. The summed E-state index contributed by atoms with van der Waals surface area (Å²) in [6, 6.07) is -0.0371. The summed E-state index contributed by atoms with van der Waals surface area (Å²) in [7, 11) is -1.53. The van der Waals surface area contributed by atoms with E-state index >= 15 is 0 Å². The SMILES string of the molecule is CN(C1CCCCC1N)S(=O)(=O)C1CCOCC1. The molecule has 2 N–H and O–H groups in total. The van der Waals surface area contributed by atoms with Crippen LogP contribution in [-0.2, 0) is 14.8 Å². The number of likely N-dealkylation sites (N-methyl/N-ethyl adjacent to an activating group) is 1. The lowest BCUT2D eigenvalue weighted by Gasteiger charge is -2.37. The van der Waals surface area contributed by atoms with E-state index in [0.29, 0.717) is 26.1 Å². The summed E-state index contributed by atoms with van der Waals surface area (Å²) >= 11 is 0. The molecule has 18 heavy (non-hydrogen) atoms. The van der Waals surface area contributed by atoms with E-state index in [1.54, 1.807) is 11.4 Å². The van der Waals surface area contributed by atoms with E-state index in [1.165, 1.54) is 0 Å². The van der Waals surface area contributed by atoms with Crippen LogP contribution >= 0.6 is 0 Å². The molecule has 2 fully saturated rings. The van der Waals surface area contributed by atoms with Crippen molar-refractivity contribution in [3.63, 3.8) is 0 Å². The van der Waals surface area contributed by atoms with Gasteiger partial charge in [-0.05, 0) is 25.7 Å². The van der Waals surface area contributed by atoms with Gasteiger partial charge in [0.05, 0.1) is 5.25 Å². The number of ether oxygens (including phenoxy) is 1. The number of hydrogen-bond acceptors (Lipinski definition) is 4. The molecule has 0 radical (unpaired) electrons. The van der Waals surface area contributed by atoms with Gasteiger partial charge in [-0.1, -0.05) is 12.8 Å². The fraction of sp³-hybridized carbons (Fsp3) is 1.00. The number of sulfonamides is 1. The van der Waals surface area contributed by atoms with Crippen molar-refractivity contribution < 1.29 is 13.2 Å². The van der Waals surface area contributed by atoms with Crippen molar-refractivity contribution >= 4 is 10.0 Å². The van der Waals surface area contributed by atoms with Crippen molar-refractivity contribution in [2.45, 2.75) is 55.9 Å². The van der Waals surface area contributed by atoms with Crippen molar-refractivity contribution in [3.05, 3.63) is 0 Å². The second-order valence-corrected chi connectivity index (χ2v) is 7.66. The number of hydrogen-bond donors (Lipinski definition) is 1. The third kappa shape index (κ3) is 2.87. The molecule has 2 rings (SSSR count). The molecule has 2 unspecified atom stereocenters. The molecule has 0 aromatic rings. The Balaban J connectivity index is 2.07. The van der Waals surface area contributed by atoms with Crippen LogP contribution in [0.25, 0.3) is 0 Å². The Morgan fingerprint density at radius 3 is 2.33 bits per heavy atom. The minimum absolute atomic E-state index is 0.0154. The predicted octanol–water partition coefficient (Wildman–Crippen LogP) is 0.697. The molecule has 1 aliphatic heterocycles. The van der Waals surface area contributed by atoms with Gasteiger partial charge in [0.15, 0.2) is 0 Å². The van der Waals surface area contributed by atoms with Crippen molar-refractivity contribution in [1.82, 2.24) is 4.31 Å². The molecule has 0 bridgehead atoms. The van der Waals surface area contributed by atoms with E-state index in [-0.39, 0.29) is 17.3 Å². The van der Waals surface area contributed by atoms with Crippen LogP contribution in [-0.4, -0.2) is 50.3 Å². The Labute approximate surface area is 110 Å². The Morgan fingerprint density at radius 1 is 1.11 bits per heavy atom. The maximum atomic E-state index is 12.5. The molecule has 1 saturated carbocycles. The molecule has 1 saturated heterocycles. The molecule has 0 aromatic heterocycles. The highest BCUT2D eigenvalue weighted by atomic mass is 32.2. The first-order valence-electron chi connectivity index (χ1n) is 6.83. The van der Waals surface area contributed by atoms with Gasteiger partial charge >= 0.3 is 0 Å². The van der Waals surface area contributed by atoms with Crippen molar-refractivity contribution in [2.24, 2.45) is 5.73 Å². The Morgan fingerprint density at radius 2 is 1.72 bits per heavy atom. The van der Waals surface area contributed by atoms with Crippen LogP contribution in [0.4, 0.5) is 0 Å². The average molecular weight is 276 g/mol. The van der Waals surface area contributed by atoms with Gasteiger partial charge in [0.1, 0.15) is 0 Å². The summed E-state index contributed by atoms with van der Waals surface area (Å²) in [5.74, 6) is 0. The first kappa shape index (κ1) is 14.2. The standard InChI is InChI=1S/C12H24N2O3S/c1-14(12-5-3-2-4-11(12)13)18(15,16)10-6-8-17-9-7-10/h10-12H,2-9,13H2,1H3. The van der Waals surface area contributed by atoms with Crippen LogP contribution in [0.5, 0.6) is 0 Å². The quantitative estimate of drug-likeness (QED) is 0.823. The van der Waals surface area contributed by atoms with E-state index < -0.39 is 10.0 Å².